The minimum absolute atomic E-state index is 0.0545. The lowest BCUT2D eigenvalue weighted by Gasteiger charge is -2.62. The lowest BCUT2D eigenvalue weighted by molar-refractivity contribution is -0.184. The van der Waals surface area contributed by atoms with Crippen molar-refractivity contribution in [3.8, 4) is 0 Å². The molecule has 3 aliphatic carbocycles. The van der Waals surface area contributed by atoms with Crippen molar-refractivity contribution in [2.45, 2.75) is 65.4 Å². The molecular weight excluding hydrogens is 328 g/mol. The largest absolute Gasteiger partial charge is 0.504 e. The zero-order valence-corrected chi connectivity index (χ0v) is 16.1. The molecule has 0 bridgehead atoms. The molecule has 4 rings (SSSR count). The number of fused-ring (bicyclic) bond motifs is 3. The third-order valence-corrected chi connectivity index (χ3v) is 7.78. The van der Waals surface area contributed by atoms with Crippen LogP contribution >= 0.6 is 0 Å². The number of rotatable bonds is 1. The van der Waals surface area contributed by atoms with E-state index in [-0.39, 0.29) is 28.1 Å². The molecule has 0 aromatic carbocycles. The summed E-state index contributed by atoms with van der Waals surface area (Å²) in [6, 6.07) is 0. The van der Waals surface area contributed by atoms with Crippen molar-refractivity contribution in [1.82, 2.24) is 0 Å². The normalized spacial score (nSPS) is 41.2. The van der Waals surface area contributed by atoms with E-state index in [0.29, 0.717) is 23.5 Å². The van der Waals surface area contributed by atoms with Gasteiger partial charge in [-0.15, -0.1) is 0 Å². The number of aliphatic hydroxyl groups excluding tert-OH is 1. The summed E-state index contributed by atoms with van der Waals surface area (Å²) in [6.45, 7) is 9.26. The molecular formula is C22H28O4. The highest BCUT2D eigenvalue weighted by Crippen LogP contribution is 2.66. The molecule has 1 spiro atoms. The van der Waals surface area contributed by atoms with Crippen molar-refractivity contribution in [2.75, 3.05) is 0 Å². The number of allylic oxidation sites excluding steroid dienone is 2. The van der Waals surface area contributed by atoms with Gasteiger partial charge in [-0.1, -0.05) is 34.1 Å². The first-order valence-corrected chi connectivity index (χ1v) is 9.73. The van der Waals surface area contributed by atoms with Crippen LogP contribution in [-0.4, -0.2) is 22.8 Å². The molecule has 0 aromatic rings. The Balaban J connectivity index is 1.89. The monoisotopic (exact) mass is 356 g/mol. The van der Waals surface area contributed by atoms with E-state index in [2.05, 4.69) is 33.8 Å². The van der Waals surface area contributed by atoms with Crippen LogP contribution in [0, 0.1) is 22.7 Å². The predicted molar refractivity (Wildman–Crippen MR) is 98.3 cm³/mol. The fourth-order valence-corrected chi connectivity index (χ4v) is 6.45. The SMILES string of the molecule is C[C@@H]1CC[C@H]2C(C)(C)CCCC2(C)[C@]12C=C1C=C(O)C(=O)C(C=O)=C1O2. The average molecular weight is 356 g/mol. The summed E-state index contributed by atoms with van der Waals surface area (Å²) in [7, 11) is 0. The van der Waals surface area contributed by atoms with Crippen LogP contribution in [-0.2, 0) is 14.3 Å². The number of hydrogen-bond donors (Lipinski definition) is 1. The summed E-state index contributed by atoms with van der Waals surface area (Å²) in [5.74, 6) is 0.141. The van der Waals surface area contributed by atoms with Gasteiger partial charge in [0.2, 0.25) is 5.78 Å². The topological polar surface area (TPSA) is 63.6 Å². The van der Waals surface area contributed by atoms with Gasteiger partial charge in [0.25, 0.3) is 0 Å². The van der Waals surface area contributed by atoms with Crippen molar-refractivity contribution < 1.29 is 19.4 Å². The van der Waals surface area contributed by atoms with E-state index in [1.807, 2.05) is 0 Å². The summed E-state index contributed by atoms with van der Waals surface area (Å²) >= 11 is 0. The summed E-state index contributed by atoms with van der Waals surface area (Å²) < 4.78 is 6.57. The highest BCUT2D eigenvalue weighted by atomic mass is 16.5. The van der Waals surface area contributed by atoms with Crippen molar-refractivity contribution in [1.29, 1.82) is 0 Å². The Kier molecular flexibility index (Phi) is 3.61. The van der Waals surface area contributed by atoms with Gasteiger partial charge in [-0.05, 0) is 49.2 Å². The number of ether oxygens (including phenoxy) is 1. The van der Waals surface area contributed by atoms with Crippen LogP contribution in [0.25, 0.3) is 0 Å². The lowest BCUT2D eigenvalue weighted by atomic mass is 9.45. The van der Waals surface area contributed by atoms with Crippen molar-refractivity contribution in [3.63, 3.8) is 0 Å². The van der Waals surface area contributed by atoms with Gasteiger partial charge >= 0.3 is 0 Å². The molecule has 1 heterocycles. The minimum Gasteiger partial charge on any atom is -0.504 e. The standard InChI is InChI=1S/C22H28O4/c1-13-6-7-17-20(2,3)8-5-9-21(17,4)22(13)11-14-10-16(24)18(25)15(12-23)19(14)26-22/h10-13,17,24H,5-9H2,1-4H3/t13-,17+,21?,22+/m1/s1. The van der Waals surface area contributed by atoms with E-state index in [1.165, 1.54) is 18.9 Å². The van der Waals surface area contributed by atoms with Crippen molar-refractivity contribution >= 4 is 12.1 Å². The van der Waals surface area contributed by atoms with Crippen LogP contribution in [0.4, 0.5) is 0 Å². The van der Waals surface area contributed by atoms with E-state index >= 15 is 0 Å². The first-order chi connectivity index (χ1) is 12.2. The summed E-state index contributed by atoms with van der Waals surface area (Å²) in [4.78, 5) is 23.8. The van der Waals surface area contributed by atoms with E-state index in [0.717, 1.165) is 19.3 Å². The summed E-state index contributed by atoms with van der Waals surface area (Å²) in [6.07, 6.45) is 9.77. The van der Waals surface area contributed by atoms with Gasteiger partial charge in [0.05, 0.1) is 0 Å². The molecule has 4 heteroatoms. The molecule has 0 saturated heterocycles. The molecule has 1 unspecified atom stereocenters. The number of aliphatic hydroxyl groups is 1. The van der Waals surface area contributed by atoms with Gasteiger partial charge in [0.15, 0.2) is 12.0 Å². The number of carbonyl (C=O) groups is 2. The first kappa shape index (κ1) is 17.6. The fraction of sp³-hybridized carbons (Fsp3) is 0.636. The van der Waals surface area contributed by atoms with Gasteiger partial charge in [0, 0.05) is 16.9 Å². The Labute approximate surface area is 155 Å². The molecule has 0 amide bonds. The minimum atomic E-state index is -0.640. The molecule has 2 saturated carbocycles. The molecule has 26 heavy (non-hydrogen) atoms. The molecule has 0 aromatic heterocycles. The van der Waals surface area contributed by atoms with Gasteiger partial charge < -0.3 is 9.84 Å². The van der Waals surface area contributed by atoms with E-state index in [1.54, 1.807) is 0 Å². The quantitative estimate of drug-likeness (QED) is 0.558. The van der Waals surface area contributed by atoms with E-state index < -0.39 is 11.4 Å². The smallest absolute Gasteiger partial charge is 0.234 e. The Morgan fingerprint density at radius 1 is 1.23 bits per heavy atom. The summed E-state index contributed by atoms with van der Waals surface area (Å²) in [5, 5.41) is 9.98. The molecule has 4 atom stereocenters. The Morgan fingerprint density at radius 3 is 2.65 bits per heavy atom. The van der Waals surface area contributed by atoms with Gasteiger partial charge in [-0.3, -0.25) is 9.59 Å². The molecule has 2 fully saturated rings. The van der Waals surface area contributed by atoms with Crippen LogP contribution in [0.15, 0.2) is 34.8 Å². The first-order valence-electron chi connectivity index (χ1n) is 9.73. The highest BCUT2D eigenvalue weighted by Gasteiger charge is 2.64. The Bertz CT molecular complexity index is 784. The van der Waals surface area contributed by atoms with Crippen LogP contribution in [0.3, 0.4) is 0 Å². The lowest BCUT2D eigenvalue weighted by Crippen LogP contribution is -2.61. The molecule has 0 radical (unpaired) electrons. The molecule has 140 valence electrons. The van der Waals surface area contributed by atoms with E-state index in [9.17, 15) is 14.7 Å². The summed E-state index contributed by atoms with van der Waals surface area (Å²) in [5.41, 5.74) is 0.270. The maximum atomic E-state index is 12.2. The Morgan fingerprint density at radius 2 is 1.96 bits per heavy atom. The molecule has 4 nitrogen and oxygen atoms in total. The Hall–Kier alpha value is -1.84. The maximum absolute atomic E-state index is 12.2. The third kappa shape index (κ3) is 2.02. The molecule has 1 N–H and O–H groups in total. The van der Waals surface area contributed by atoms with E-state index in [4.69, 9.17) is 4.74 Å². The van der Waals surface area contributed by atoms with Gasteiger partial charge in [0.1, 0.15) is 16.9 Å². The highest BCUT2D eigenvalue weighted by molar-refractivity contribution is 6.21. The van der Waals surface area contributed by atoms with Crippen molar-refractivity contribution in [3.05, 3.63) is 34.8 Å². The number of aldehydes is 1. The van der Waals surface area contributed by atoms with Crippen LogP contribution in [0.1, 0.15) is 59.8 Å². The van der Waals surface area contributed by atoms with Crippen LogP contribution in [0.2, 0.25) is 0 Å². The zero-order chi connectivity index (χ0) is 18.9. The second kappa shape index (κ2) is 5.34. The van der Waals surface area contributed by atoms with Crippen molar-refractivity contribution in [2.24, 2.45) is 22.7 Å². The predicted octanol–water partition coefficient (Wildman–Crippen LogP) is 4.42. The van der Waals surface area contributed by atoms with Crippen LogP contribution < -0.4 is 0 Å². The second-order valence-corrected chi connectivity index (χ2v) is 9.50. The number of carbonyl (C=O) groups excluding carboxylic acids is 2. The fourth-order valence-electron chi connectivity index (χ4n) is 6.45. The number of ketones is 1. The zero-order valence-electron chi connectivity index (χ0n) is 16.1. The maximum Gasteiger partial charge on any atom is 0.234 e. The number of Topliss-reactive ketones (excluding diaryl/α,β-unsaturated/α-hetero) is 1. The van der Waals surface area contributed by atoms with Crippen LogP contribution in [0.5, 0.6) is 0 Å². The number of hydrogen-bond acceptors (Lipinski definition) is 4. The molecule has 4 aliphatic rings. The average Bonchev–Trinajstić information content (AvgIpc) is 2.94. The molecule has 1 aliphatic heterocycles. The third-order valence-electron chi connectivity index (χ3n) is 7.78. The van der Waals surface area contributed by atoms with Gasteiger partial charge in [-0.25, -0.2) is 0 Å². The van der Waals surface area contributed by atoms with Gasteiger partial charge in [-0.2, -0.15) is 0 Å². The second-order valence-electron chi connectivity index (χ2n) is 9.50.